The standard InChI is InChI=1S/C13H17F2NO/c1-16-9-5-7-13(17,8-6-9)12-10(14)3-2-4-11(12)15/h2-4,9,16-17H,5-8H2,1H3. The van der Waals surface area contributed by atoms with Crippen molar-refractivity contribution in [2.75, 3.05) is 7.05 Å². The van der Waals surface area contributed by atoms with Gasteiger partial charge in [-0.15, -0.1) is 0 Å². The van der Waals surface area contributed by atoms with Crippen molar-refractivity contribution in [1.29, 1.82) is 0 Å². The minimum atomic E-state index is -1.36. The molecule has 0 spiro atoms. The first kappa shape index (κ1) is 12.5. The Morgan fingerprint density at radius 1 is 1.24 bits per heavy atom. The van der Waals surface area contributed by atoms with Crippen LogP contribution < -0.4 is 5.32 Å². The van der Waals surface area contributed by atoms with Crippen LogP contribution in [0.3, 0.4) is 0 Å². The molecule has 0 amide bonds. The van der Waals surface area contributed by atoms with Crippen molar-refractivity contribution in [2.24, 2.45) is 0 Å². The van der Waals surface area contributed by atoms with Crippen molar-refractivity contribution in [3.8, 4) is 0 Å². The summed E-state index contributed by atoms with van der Waals surface area (Å²) in [6.07, 6.45) is 2.22. The summed E-state index contributed by atoms with van der Waals surface area (Å²) in [5.74, 6) is -1.31. The Labute approximate surface area is 99.7 Å². The summed E-state index contributed by atoms with van der Waals surface area (Å²) in [5.41, 5.74) is -1.53. The number of rotatable bonds is 2. The van der Waals surface area contributed by atoms with Gasteiger partial charge in [0.05, 0.1) is 11.2 Å². The summed E-state index contributed by atoms with van der Waals surface area (Å²) in [6, 6.07) is 4.03. The van der Waals surface area contributed by atoms with Crippen LogP contribution in [0.15, 0.2) is 18.2 Å². The molecule has 0 atom stereocenters. The van der Waals surface area contributed by atoms with E-state index in [0.717, 1.165) is 12.8 Å². The van der Waals surface area contributed by atoms with Crippen molar-refractivity contribution < 1.29 is 13.9 Å². The summed E-state index contributed by atoms with van der Waals surface area (Å²) in [4.78, 5) is 0. The first-order valence-corrected chi connectivity index (χ1v) is 5.91. The quantitative estimate of drug-likeness (QED) is 0.832. The Balaban J connectivity index is 2.27. The van der Waals surface area contributed by atoms with E-state index in [1.807, 2.05) is 7.05 Å². The molecule has 1 saturated carbocycles. The second kappa shape index (κ2) is 4.70. The molecule has 0 aliphatic heterocycles. The van der Waals surface area contributed by atoms with Crippen LogP contribution in [-0.4, -0.2) is 18.2 Å². The van der Waals surface area contributed by atoms with Crippen LogP contribution in [-0.2, 0) is 5.60 Å². The van der Waals surface area contributed by atoms with Crippen LogP contribution in [0.5, 0.6) is 0 Å². The predicted octanol–water partition coefficient (Wildman–Crippen LogP) is 2.31. The fourth-order valence-corrected chi connectivity index (χ4v) is 2.58. The number of hydrogen-bond donors (Lipinski definition) is 2. The van der Waals surface area contributed by atoms with E-state index >= 15 is 0 Å². The lowest BCUT2D eigenvalue weighted by Gasteiger charge is -2.36. The first-order valence-electron chi connectivity index (χ1n) is 5.91. The number of halogens is 2. The van der Waals surface area contributed by atoms with Crippen molar-refractivity contribution in [3.05, 3.63) is 35.4 Å². The van der Waals surface area contributed by atoms with Gasteiger partial charge < -0.3 is 10.4 Å². The third-order valence-electron chi connectivity index (χ3n) is 3.65. The van der Waals surface area contributed by atoms with E-state index in [4.69, 9.17) is 0 Å². The molecule has 0 heterocycles. The van der Waals surface area contributed by atoms with Crippen LogP contribution in [0.4, 0.5) is 8.78 Å². The number of hydrogen-bond acceptors (Lipinski definition) is 2. The average molecular weight is 241 g/mol. The van der Waals surface area contributed by atoms with Gasteiger partial charge >= 0.3 is 0 Å². The van der Waals surface area contributed by atoms with Crippen LogP contribution in [0.25, 0.3) is 0 Å². The molecule has 1 aromatic rings. The molecule has 2 nitrogen and oxygen atoms in total. The Morgan fingerprint density at radius 3 is 2.24 bits per heavy atom. The molecule has 2 rings (SSSR count). The lowest BCUT2D eigenvalue weighted by molar-refractivity contribution is -0.0137. The van der Waals surface area contributed by atoms with Gasteiger partial charge in [0.15, 0.2) is 0 Å². The second-order valence-corrected chi connectivity index (χ2v) is 4.69. The largest absolute Gasteiger partial charge is 0.385 e. The zero-order valence-corrected chi connectivity index (χ0v) is 9.84. The Bertz CT molecular complexity index is 380. The van der Waals surface area contributed by atoms with Gasteiger partial charge in [0.2, 0.25) is 0 Å². The molecule has 17 heavy (non-hydrogen) atoms. The predicted molar refractivity (Wildman–Crippen MR) is 61.6 cm³/mol. The highest BCUT2D eigenvalue weighted by Crippen LogP contribution is 2.39. The van der Waals surface area contributed by atoms with Gasteiger partial charge in [-0.25, -0.2) is 8.78 Å². The molecular weight excluding hydrogens is 224 g/mol. The molecule has 0 bridgehead atoms. The third kappa shape index (κ3) is 2.33. The van der Waals surface area contributed by atoms with Crippen molar-refractivity contribution in [2.45, 2.75) is 37.3 Å². The molecule has 1 aliphatic rings. The fourth-order valence-electron chi connectivity index (χ4n) is 2.58. The maximum atomic E-state index is 13.6. The molecular formula is C13H17F2NO. The Hall–Kier alpha value is -1.00. The van der Waals surface area contributed by atoms with Gasteiger partial charge in [0.1, 0.15) is 11.6 Å². The van der Waals surface area contributed by atoms with Crippen LogP contribution in [0.2, 0.25) is 0 Å². The van der Waals surface area contributed by atoms with E-state index in [9.17, 15) is 13.9 Å². The molecule has 0 unspecified atom stereocenters. The van der Waals surface area contributed by atoms with E-state index in [-0.39, 0.29) is 5.56 Å². The summed E-state index contributed by atoms with van der Waals surface area (Å²) >= 11 is 0. The highest BCUT2D eigenvalue weighted by Gasteiger charge is 2.38. The zero-order chi connectivity index (χ0) is 12.5. The molecule has 1 aliphatic carbocycles. The lowest BCUT2D eigenvalue weighted by atomic mass is 9.77. The zero-order valence-electron chi connectivity index (χ0n) is 9.84. The average Bonchev–Trinajstić information content (AvgIpc) is 2.29. The second-order valence-electron chi connectivity index (χ2n) is 4.69. The lowest BCUT2D eigenvalue weighted by Crippen LogP contribution is -2.39. The molecule has 94 valence electrons. The van der Waals surface area contributed by atoms with Gasteiger partial charge in [-0.3, -0.25) is 0 Å². The minimum absolute atomic E-state index is 0.172. The SMILES string of the molecule is CNC1CCC(O)(c2c(F)cccc2F)CC1. The topological polar surface area (TPSA) is 32.3 Å². The third-order valence-corrected chi connectivity index (χ3v) is 3.65. The van der Waals surface area contributed by atoms with Gasteiger partial charge in [0, 0.05) is 6.04 Å². The van der Waals surface area contributed by atoms with Crippen LogP contribution >= 0.6 is 0 Å². The highest BCUT2D eigenvalue weighted by molar-refractivity contribution is 5.27. The number of aliphatic hydroxyl groups is 1. The molecule has 1 fully saturated rings. The van der Waals surface area contributed by atoms with Gasteiger partial charge in [-0.05, 0) is 44.9 Å². The van der Waals surface area contributed by atoms with Crippen molar-refractivity contribution >= 4 is 0 Å². The van der Waals surface area contributed by atoms with Crippen LogP contribution in [0, 0.1) is 11.6 Å². The smallest absolute Gasteiger partial charge is 0.132 e. The Morgan fingerprint density at radius 2 is 1.76 bits per heavy atom. The monoisotopic (exact) mass is 241 g/mol. The normalized spacial score (nSPS) is 29.3. The number of nitrogens with one attached hydrogen (secondary N) is 1. The van der Waals surface area contributed by atoms with E-state index in [2.05, 4.69) is 5.32 Å². The molecule has 2 N–H and O–H groups in total. The maximum Gasteiger partial charge on any atom is 0.132 e. The number of benzene rings is 1. The summed E-state index contributed by atoms with van der Waals surface area (Å²) in [5, 5.41) is 13.5. The van der Waals surface area contributed by atoms with Gasteiger partial charge in [0.25, 0.3) is 0 Å². The van der Waals surface area contributed by atoms with E-state index in [1.54, 1.807) is 0 Å². The maximum absolute atomic E-state index is 13.6. The fraction of sp³-hybridized carbons (Fsp3) is 0.538. The van der Waals surface area contributed by atoms with E-state index < -0.39 is 17.2 Å². The summed E-state index contributed by atoms with van der Waals surface area (Å²) in [6.45, 7) is 0. The van der Waals surface area contributed by atoms with Crippen molar-refractivity contribution in [3.63, 3.8) is 0 Å². The Kier molecular flexibility index (Phi) is 3.45. The minimum Gasteiger partial charge on any atom is -0.385 e. The summed E-state index contributed by atoms with van der Waals surface area (Å²) < 4.78 is 27.3. The van der Waals surface area contributed by atoms with Gasteiger partial charge in [-0.2, -0.15) is 0 Å². The molecule has 0 saturated heterocycles. The van der Waals surface area contributed by atoms with Gasteiger partial charge in [-0.1, -0.05) is 6.07 Å². The highest BCUT2D eigenvalue weighted by atomic mass is 19.1. The molecule has 4 heteroatoms. The summed E-state index contributed by atoms with van der Waals surface area (Å²) in [7, 11) is 1.86. The molecule has 1 aromatic carbocycles. The van der Waals surface area contributed by atoms with E-state index in [1.165, 1.54) is 18.2 Å². The van der Waals surface area contributed by atoms with E-state index in [0.29, 0.717) is 18.9 Å². The molecule has 0 aromatic heterocycles. The van der Waals surface area contributed by atoms with Crippen LogP contribution in [0.1, 0.15) is 31.2 Å². The first-order chi connectivity index (χ1) is 8.07. The van der Waals surface area contributed by atoms with Crippen molar-refractivity contribution in [1.82, 2.24) is 5.32 Å². The molecule has 0 radical (unpaired) electrons.